The molecule has 0 aliphatic carbocycles. The van der Waals surface area contributed by atoms with E-state index in [1.54, 1.807) is 18.2 Å². The monoisotopic (exact) mass is 525 g/mol. The van der Waals surface area contributed by atoms with Crippen LogP contribution < -0.4 is 0 Å². The largest absolute Gasteiger partial charge is 0.416 e. The van der Waals surface area contributed by atoms with Crippen molar-refractivity contribution in [2.24, 2.45) is 0 Å². The number of benzene rings is 2. The first kappa shape index (κ1) is 26.3. The van der Waals surface area contributed by atoms with E-state index in [1.807, 2.05) is 0 Å². The van der Waals surface area contributed by atoms with Crippen molar-refractivity contribution in [3.63, 3.8) is 0 Å². The quantitative estimate of drug-likeness (QED) is 0.321. The van der Waals surface area contributed by atoms with Crippen LogP contribution in [0.15, 0.2) is 36.4 Å². The normalized spacial score (nSPS) is 19.2. The maximum absolute atomic E-state index is 13.1. The summed E-state index contributed by atoms with van der Waals surface area (Å²) in [5.41, 5.74) is -3.47. The van der Waals surface area contributed by atoms with Crippen LogP contribution in [0.25, 0.3) is 0 Å². The molecule has 1 amide bonds. The number of amides is 1. The molecule has 1 unspecified atom stereocenters. The average molecular weight is 526 g/mol. The van der Waals surface area contributed by atoms with Gasteiger partial charge in [0.05, 0.1) is 27.6 Å². The SMILES string of the molecule is O=CCC1(c2ccc(Cl)c(Cl)c2)CCCN(C(=O)Cc2cc(C(F)(F)F)cc(C(F)(F)F)c2)C1. The number of piperidine rings is 1. The lowest BCUT2D eigenvalue weighted by Gasteiger charge is -2.42. The zero-order valence-corrected chi connectivity index (χ0v) is 19.1. The van der Waals surface area contributed by atoms with Gasteiger partial charge in [0.2, 0.25) is 5.91 Å². The van der Waals surface area contributed by atoms with Crippen molar-refractivity contribution in [3.05, 3.63) is 68.7 Å². The second-order valence-electron chi connectivity index (χ2n) is 8.29. The van der Waals surface area contributed by atoms with E-state index in [1.165, 1.54) is 4.90 Å². The molecule has 0 aromatic heterocycles. The maximum Gasteiger partial charge on any atom is 0.416 e. The van der Waals surface area contributed by atoms with Crippen LogP contribution >= 0.6 is 23.2 Å². The van der Waals surface area contributed by atoms with Crippen LogP contribution in [-0.2, 0) is 33.8 Å². The number of hydrogen-bond donors (Lipinski definition) is 0. The fourth-order valence-electron chi connectivity index (χ4n) is 4.26. The lowest BCUT2D eigenvalue weighted by atomic mass is 9.72. The minimum Gasteiger partial charge on any atom is -0.342 e. The number of nitrogens with zero attached hydrogens (tertiary/aromatic N) is 1. The molecule has 0 N–H and O–H groups in total. The summed E-state index contributed by atoms with van der Waals surface area (Å²) in [6, 6.07) is 5.98. The zero-order valence-electron chi connectivity index (χ0n) is 17.6. The molecule has 3 nitrogen and oxygen atoms in total. The summed E-state index contributed by atoms with van der Waals surface area (Å²) in [7, 11) is 0. The molecule has 0 saturated carbocycles. The molecular formula is C23H19Cl2F6NO2. The van der Waals surface area contributed by atoms with E-state index in [4.69, 9.17) is 23.2 Å². The van der Waals surface area contributed by atoms with Gasteiger partial charge >= 0.3 is 12.4 Å². The van der Waals surface area contributed by atoms with Gasteiger partial charge in [-0.25, -0.2) is 0 Å². The van der Waals surface area contributed by atoms with E-state index >= 15 is 0 Å². The number of carbonyl (C=O) groups excluding carboxylic acids is 2. The zero-order chi connectivity index (χ0) is 25.3. The molecule has 1 fully saturated rings. The van der Waals surface area contributed by atoms with Crippen molar-refractivity contribution in [3.8, 4) is 0 Å². The van der Waals surface area contributed by atoms with Gasteiger partial charge in [-0.3, -0.25) is 4.79 Å². The third-order valence-electron chi connectivity index (χ3n) is 5.94. The first-order chi connectivity index (χ1) is 15.7. The van der Waals surface area contributed by atoms with Gasteiger partial charge in [-0.2, -0.15) is 26.3 Å². The van der Waals surface area contributed by atoms with E-state index in [-0.39, 0.29) is 30.6 Å². The molecule has 2 aromatic rings. The van der Waals surface area contributed by atoms with Gasteiger partial charge < -0.3 is 9.69 Å². The van der Waals surface area contributed by atoms with E-state index in [9.17, 15) is 35.9 Å². The highest BCUT2D eigenvalue weighted by Gasteiger charge is 2.40. The van der Waals surface area contributed by atoms with E-state index in [2.05, 4.69) is 0 Å². The molecule has 1 heterocycles. The fourth-order valence-corrected chi connectivity index (χ4v) is 4.56. The Labute approximate surface area is 201 Å². The number of likely N-dealkylation sites (tertiary alicyclic amines) is 1. The van der Waals surface area contributed by atoms with Gasteiger partial charge in [0, 0.05) is 24.9 Å². The van der Waals surface area contributed by atoms with E-state index < -0.39 is 46.8 Å². The number of alkyl halides is 6. The third kappa shape index (κ3) is 5.86. The van der Waals surface area contributed by atoms with Crippen molar-refractivity contribution in [2.45, 2.75) is 43.5 Å². The molecular weight excluding hydrogens is 507 g/mol. The molecule has 0 bridgehead atoms. The van der Waals surface area contributed by atoms with Gasteiger partial charge in [0.1, 0.15) is 6.29 Å². The minimum atomic E-state index is -5.00. The third-order valence-corrected chi connectivity index (χ3v) is 6.68. The summed E-state index contributed by atoms with van der Waals surface area (Å²) < 4.78 is 78.9. The number of rotatable bonds is 5. The molecule has 1 aliphatic heterocycles. The summed E-state index contributed by atoms with van der Waals surface area (Å²) in [5, 5.41) is 0.567. The van der Waals surface area contributed by atoms with Crippen molar-refractivity contribution < 1.29 is 35.9 Å². The van der Waals surface area contributed by atoms with Gasteiger partial charge in [0.25, 0.3) is 0 Å². The van der Waals surface area contributed by atoms with Gasteiger partial charge in [-0.15, -0.1) is 0 Å². The Balaban J connectivity index is 1.90. The number of carbonyl (C=O) groups is 2. The van der Waals surface area contributed by atoms with Crippen LogP contribution in [0.4, 0.5) is 26.3 Å². The Morgan fingerprint density at radius 3 is 2.12 bits per heavy atom. The summed E-state index contributed by atoms with van der Waals surface area (Å²) in [6.45, 7) is 0.319. The van der Waals surface area contributed by atoms with Gasteiger partial charge in [0.15, 0.2) is 0 Å². The first-order valence-electron chi connectivity index (χ1n) is 10.2. The van der Waals surface area contributed by atoms with Crippen LogP contribution in [-0.4, -0.2) is 30.2 Å². The summed E-state index contributed by atoms with van der Waals surface area (Å²) >= 11 is 12.1. The van der Waals surface area contributed by atoms with E-state index in [0.29, 0.717) is 41.8 Å². The molecule has 184 valence electrons. The topological polar surface area (TPSA) is 37.4 Å². The Morgan fingerprint density at radius 2 is 1.59 bits per heavy atom. The number of hydrogen-bond acceptors (Lipinski definition) is 2. The van der Waals surface area contributed by atoms with Crippen LogP contribution in [0.5, 0.6) is 0 Å². The van der Waals surface area contributed by atoms with E-state index in [0.717, 1.165) is 0 Å². The maximum atomic E-state index is 13.1. The Kier molecular flexibility index (Phi) is 7.57. The van der Waals surface area contributed by atoms with Crippen molar-refractivity contribution in [1.29, 1.82) is 0 Å². The molecule has 3 rings (SSSR count). The summed E-state index contributed by atoms with van der Waals surface area (Å²) in [6.07, 6.45) is -8.87. The molecule has 1 aliphatic rings. The Hall–Kier alpha value is -2.26. The highest BCUT2D eigenvalue weighted by molar-refractivity contribution is 6.42. The summed E-state index contributed by atoms with van der Waals surface area (Å²) in [5.74, 6) is -0.637. The average Bonchev–Trinajstić information content (AvgIpc) is 2.74. The van der Waals surface area contributed by atoms with Gasteiger partial charge in [-0.05, 0) is 54.3 Å². The Morgan fingerprint density at radius 1 is 0.971 bits per heavy atom. The van der Waals surface area contributed by atoms with Crippen LogP contribution in [0.2, 0.25) is 10.0 Å². The highest BCUT2D eigenvalue weighted by atomic mass is 35.5. The highest BCUT2D eigenvalue weighted by Crippen LogP contribution is 2.40. The number of halogens is 8. The smallest absolute Gasteiger partial charge is 0.342 e. The molecule has 0 spiro atoms. The Bertz CT molecular complexity index is 1050. The van der Waals surface area contributed by atoms with Crippen molar-refractivity contribution >= 4 is 35.4 Å². The van der Waals surface area contributed by atoms with Crippen molar-refractivity contribution in [2.75, 3.05) is 13.1 Å². The van der Waals surface area contributed by atoms with Crippen LogP contribution in [0, 0.1) is 0 Å². The summed E-state index contributed by atoms with van der Waals surface area (Å²) in [4.78, 5) is 25.8. The molecule has 2 aromatic carbocycles. The van der Waals surface area contributed by atoms with Crippen LogP contribution in [0.3, 0.4) is 0 Å². The standard InChI is InChI=1S/C23H19Cl2F6NO2/c24-18-3-2-15(12-19(18)25)21(5-7-33)4-1-6-32(13-21)20(34)10-14-8-16(22(26,27)28)11-17(9-14)23(29,30)31/h2-3,7-9,11-12H,1,4-6,10,13H2. The lowest BCUT2D eigenvalue weighted by molar-refractivity contribution is -0.143. The molecule has 1 atom stereocenters. The predicted octanol–water partition coefficient (Wildman–Crippen LogP) is 6.72. The fraction of sp³-hybridized carbons (Fsp3) is 0.391. The van der Waals surface area contributed by atoms with Crippen LogP contribution in [0.1, 0.15) is 41.5 Å². The molecule has 34 heavy (non-hydrogen) atoms. The van der Waals surface area contributed by atoms with Gasteiger partial charge in [-0.1, -0.05) is 29.3 Å². The second-order valence-corrected chi connectivity index (χ2v) is 9.10. The van der Waals surface area contributed by atoms with Crippen molar-refractivity contribution in [1.82, 2.24) is 4.90 Å². The minimum absolute atomic E-state index is 0.0221. The molecule has 1 saturated heterocycles. The predicted molar refractivity (Wildman–Crippen MR) is 115 cm³/mol. The first-order valence-corrected chi connectivity index (χ1v) is 11.0. The molecule has 11 heteroatoms. The molecule has 0 radical (unpaired) electrons. The number of aldehydes is 1. The second kappa shape index (κ2) is 9.77. The lowest BCUT2D eigenvalue weighted by Crippen LogP contribution is -2.49.